The van der Waals surface area contributed by atoms with Crippen LogP contribution in [0.25, 0.3) is 0 Å². The lowest BCUT2D eigenvalue weighted by Crippen LogP contribution is -2.25. The number of rotatable bonds is 2. The first kappa shape index (κ1) is 10.1. The van der Waals surface area contributed by atoms with Gasteiger partial charge in [-0.25, -0.2) is 4.39 Å². The molecule has 0 aromatic heterocycles. The first-order chi connectivity index (χ1) is 7.27. The SMILES string of the molecule is O=C(Nc1cc[c]cc1F)C1CCNC1. The molecular formula is C11H12FN2O. The fraction of sp³-hybridized carbons (Fsp3) is 0.364. The van der Waals surface area contributed by atoms with Gasteiger partial charge in [0.2, 0.25) is 5.91 Å². The normalized spacial score (nSPS) is 20.2. The van der Waals surface area contributed by atoms with Gasteiger partial charge in [-0.1, -0.05) is 6.07 Å². The molecule has 1 fully saturated rings. The van der Waals surface area contributed by atoms with E-state index in [-0.39, 0.29) is 17.5 Å². The van der Waals surface area contributed by atoms with Crippen LogP contribution in [0, 0.1) is 17.8 Å². The largest absolute Gasteiger partial charge is 0.323 e. The molecule has 1 amide bonds. The van der Waals surface area contributed by atoms with E-state index in [1.165, 1.54) is 12.1 Å². The Morgan fingerprint density at radius 1 is 1.67 bits per heavy atom. The van der Waals surface area contributed by atoms with Crippen molar-refractivity contribution in [3.05, 3.63) is 30.1 Å². The Bertz CT molecular complexity index is 361. The molecule has 1 radical (unpaired) electrons. The zero-order chi connectivity index (χ0) is 10.7. The molecule has 1 unspecified atom stereocenters. The van der Waals surface area contributed by atoms with Crippen LogP contribution in [0.5, 0.6) is 0 Å². The van der Waals surface area contributed by atoms with E-state index in [0.29, 0.717) is 6.54 Å². The van der Waals surface area contributed by atoms with Crippen molar-refractivity contribution in [2.75, 3.05) is 18.4 Å². The van der Waals surface area contributed by atoms with Crippen LogP contribution in [-0.2, 0) is 4.79 Å². The molecule has 1 aliphatic heterocycles. The van der Waals surface area contributed by atoms with Crippen molar-refractivity contribution in [1.82, 2.24) is 5.32 Å². The van der Waals surface area contributed by atoms with Crippen LogP contribution >= 0.6 is 0 Å². The minimum Gasteiger partial charge on any atom is -0.323 e. The highest BCUT2D eigenvalue weighted by Crippen LogP contribution is 2.15. The van der Waals surface area contributed by atoms with Gasteiger partial charge < -0.3 is 10.6 Å². The third-order valence-electron chi connectivity index (χ3n) is 2.50. The molecule has 1 aromatic carbocycles. The molecule has 1 heterocycles. The zero-order valence-electron chi connectivity index (χ0n) is 8.22. The standard InChI is InChI=1S/C11H12FN2O/c12-9-3-1-2-4-10(9)14-11(15)8-5-6-13-7-8/h2-4,8,13H,5-7H2,(H,14,15). The number of hydrogen-bond donors (Lipinski definition) is 2. The van der Waals surface area contributed by atoms with Crippen molar-refractivity contribution in [1.29, 1.82) is 0 Å². The summed E-state index contributed by atoms with van der Waals surface area (Å²) in [7, 11) is 0. The van der Waals surface area contributed by atoms with E-state index in [1.807, 2.05) is 0 Å². The predicted molar refractivity (Wildman–Crippen MR) is 54.8 cm³/mol. The van der Waals surface area contributed by atoms with Crippen molar-refractivity contribution >= 4 is 11.6 Å². The van der Waals surface area contributed by atoms with Gasteiger partial charge in [0, 0.05) is 6.54 Å². The van der Waals surface area contributed by atoms with Crippen LogP contribution in [0.2, 0.25) is 0 Å². The Labute approximate surface area is 87.7 Å². The summed E-state index contributed by atoms with van der Waals surface area (Å²) in [4.78, 5) is 11.6. The summed E-state index contributed by atoms with van der Waals surface area (Å²) in [6, 6.07) is 6.90. The Balaban J connectivity index is 2.02. The maximum Gasteiger partial charge on any atom is 0.228 e. The number of carbonyl (C=O) groups excluding carboxylic acids is 1. The van der Waals surface area contributed by atoms with Crippen LogP contribution in [0.4, 0.5) is 10.1 Å². The molecule has 79 valence electrons. The summed E-state index contributed by atoms with van der Waals surface area (Å²) in [5.41, 5.74) is 0.227. The van der Waals surface area contributed by atoms with E-state index in [2.05, 4.69) is 16.7 Å². The van der Waals surface area contributed by atoms with Crippen molar-refractivity contribution in [2.24, 2.45) is 5.92 Å². The number of nitrogens with one attached hydrogen (secondary N) is 2. The van der Waals surface area contributed by atoms with Crippen LogP contribution < -0.4 is 10.6 Å². The highest BCUT2D eigenvalue weighted by molar-refractivity contribution is 5.92. The molecule has 1 saturated heterocycles. The molecule has 3 nitrogen and oxygen atoms in total. The monoisotopic (exact) mass is 207 g/mol. The fourth-order valence-electron chi connectivity index (χ4n) is 1.62. The number of benzene rings is 1. The summed E-state index contributed by atoms with van der Waals surface area (Å²) in [6.45, 7) is 1.52. The second-order valence-electron chi connectivity index (χ2n) is 3.58. The van der Waals surface area contributed by atoms with Gasteiger partial charge in [0.05, 0.1) is 11.6 Å². The smallest absolute Gasteiger partial charge is 0.228 e. The third-order valence-corrected chi connectivity index (χ3v) is 2.50. The molecule has 15 heavy (non-hydrogen) atoms. The van der Waals surface area contributed by atoms with E-state index in [1.54, 1.807) is 6.07 Å². The number of hydrogen-bond acceptors (Lipinski definition) is 2. The van der Waals surface area contributed by atoms with Crippen molar-refractivity contribution in [3.8, 4) is 0 Å². The van der Waals surface area contributed by atoms with E-state index in [4.69, 9.17) is 0 Å². The Morgan fingerprint density at radius 3 is 3.20 bits per heavy atom. The Hall–Kier alpha value is -1.42. The maximum atomic E-state index is 13.2. The lowest BCUT2D eigenvalue weighted by molar-refractivity contribution is -0.119. The number of anilines is 1. The van der Waals surface area contributed by atoms with Crippen LogP contribution in [0.3, 0.4) is 0 Å². The topological polar surface area (TPSA) is 41.1 Å². The van der Waals surface area contributed by atoms with Crippen LogP contribution in [0.15, 0.2) is 18.2 Å². The number of amides is 1. The lowest BCUT2D eigenvalue weighted by atomic mass is 10.1. The van der Waals surface area contributed by atoms with Gasteiger partial charge in [0.1, 0.15) is 5.82 Å². The minimum absolute atomic E-state index is 0.0476. The molecule has 0 spiro atoms. The van der Waals surface area contributed by atoms with Crippen LogP contribution in [0.1, 0.15) is 6.42 Å². The molecule has 4 heteroatoms. The van der Waals surface area contributed by atoms with Crippen molar-refractivity contribution < 1.29 is 9.18 Å². The van der Waals surface area contributed by atoms with Crippen molar-refractivity contribution in [3.63, 3.8) is 0 Å². The summed E-state index contributed by atoms with van der Waals surface area (Å²) < 4.78 is 13.2. The molecule has 1 aliphatic rings. The highest BCUT2D eigenvalue weighted by atomic mass is 19.1. The zero-order valence-corrected chi connectivity index (χ0v) is 8.22. The second-order valence-corrected chi connectivity index (χ2v) is 3.58. The molecule has 1 aromatic rings. The molecule has 2 N–H and O–H groups in total. The van der Waals surface area contributed by atoms with E-state index in [0.717, 1.165) is 13.0 Å². The predicted octanol–water partition coefficient (Wildman–Crippen LogP) is 1.17. The van der Waals surface area contributed by atoms with Gasteiger partial charge in [-0.15, -0.1) is 0 Å². The van der Waals surface area contributed by atoms with Gasteiger partial charge in [-0.3, -0.25) is 4.79 Å². The third kappa shape index (κ3) is 2.33. The van der Waals surface area contributed by atoms with E-state index < -0.39 is 5.82 Å². The van der Waals surface area contributed by atoms with Gasteiger partial charge in [0.15, 0.2) is 0 Å². The van der Waals surface area contributed by atoms with Crippen molar-refractivity contribution in [2.45, 2.75) is 6.42 Å². The average Bonchev–Trinajstić information content (AvgIpc) is 2.74. The fourth-order valence-corrected chi connectivity index (χ4v) is 1.62. The molecular weight excluding hydrogens is 195 g/mol. The highest BCUT2D eigenvalue weighted by Gasteiger charge is 2.22. The van der Waals surface area contributed by atoms with Gasteiger partial charge in [-0.05, 0) is 31.2 Å². The first-order valence-electron chi connectivity index (χ1n) is 4.94. The minimum atomic E-state index is -0.447. The molecule has 1 atom stereocenters. The Kier molecular flexibility index (Phi) is 2.97. The molecule has 0 aliphatic carbocycles. The summed E-state index contributed by atoms with van der Waals surface area (Å²) in [5.74, 6) is -0.615. The first-order valence-corrected chi connectivity index (χ1v) is 4.94. The second kappa shape index (κ2) is 4.40. The average molecular weight is 207 g/mol. The summed E-state index contributed by atoms with van der Waals surface area (Å²) in [5, 5.41) is 5.67. The quantitative estimate of drug-likeness (QED) is 0.764. The molecule has 0 bridgehead atoms. The summed E-state index contributed by atoms with van der Waals surface area (Å²) >= 11 is 0. The van der Waals surface area contributed by atoms with Crippen LogP contribution in [-0.4, -0.2) is 19.0 Å². The summed E-state index contributed by atoms with van der Waals surface area (Å²) in [6.07, 6.45) is 0.812. The number of carbonyl (C=O) groups is 1. The molecule has 0 saturated carbocycles. The van der Waals surface area contributed by atoms with Gasteiger partial charge in [-0.2, -0.15) is 0 Å². The van der Waals surface area contributed by atoms with Gasteiger partial charge in [0.25, 0.3) is 0 Å². The number of halogens is 1. The van der Waals surface area contributed by atoms with Gasteiger partial charge >= 0.3 is 0 Å². The van der Waals surface area contributed by atoms with E-state index in [9.17, 15) is 9.18 Å². The van der Waals surface area contributed by atoms with E-state index >= 15 is 0 Å². The Morgan fingerprint density at radius 2 is 2.53 bits per heavy atom. The lowest BCUT2D eigenvalue weighted by Gasteiger charge is -2.09. The maximum absolute atomic E-state index is 13.2. The molecule has 2 rings (SSSR count).